The van der Waals surface area contributed by atoms with Crippen LogP contribution in [0.25, 0.3) is 0 Å². The summed E-state index contributed by atoms with van der Waals surface area (Å²) in [7, 11) is 0. The number of aliphatic carboxylic acids is 1. The van der Waals surface area contributed by atoms with Crippen molar-refractivity contribution in [1.82, 2.24) is 4.98 Å². The lowest BCUT2D eigenvalue weighted by Gasteiger charge is -2.04. The van der Waals surface area contributed by atoms with Gasteiger partial charge in [-0.1, -0.05) is 11.1 Å². The van der Waals surface area contributed by atoms with E-state index in [1.54, 1.807) is 0 Å². The van der Waals surface area contributed by atoms with Crippen LogP contribution in [0.4, 0.5) is 18.3 Å². The molecule has 2 N–H and O–H groups in total. The van der Waals surface area contributed by atoms with Crippen LogP contribution in [0.15, 0.2) is 10.5 Å². The number of oxime groups is 1. The Morgan fingerprint density at radius 1 is 1.57 bits per heavy atom. The number of aromatic nitrogens is 1. The molecule has 0 radical (unpaired) electrons. The summed E-state index contributed by atoms with van der Waals surface area (Å²) in [5.41, 5.74) is -0.934. The Hall–Kier alpha value is -2.61. The zero-order valence-electron chi connectivity index (χ0n) is 9.97. The highest BCUT2D eigenvalue weighted by molar-refractivity contribution is 7.14. The van der Waals surface area contributed by atoms with E-state index in [1.807, 2.05) is 5.92 Å². The fraction of sp³-hybridized carbons (Fsp3) is 0.200. The normalized spacial score (nSPS) is 11.6. The minimum atomic E-state index is -5.08. The van der Waals surface area contributed by atoms with E-state index in [9.17, 15) is 22.8 Å². The Kier molecular flexibility index (Phi) is 5.25. The molecule has 1 amide bonds. The third-order valence-electron chi connectivity index (χ3n) is 1.73. The number of carboxylic acids is 1. The second-order valence-corrected chi connectivity index (χ2v) is 4.07. The molecule has 1 heterocycles. The van der Waals surface area contributed by atoms with Gasteiger partial charge in [-0.2, -0.15) is 13.2 Å². The Morgan fingerprint density at radius 2 is 2.24 bits per heavy atom. The average molecular weight is 321 g/mol. The molecule has 11 heteroatoms. The first-order chi connectivity index (χ1) is 9.75. The van der Waals surface area contributed by atoms with Gasteiger partial charge in [-0.05, 0) is 0 Å². The molecular weight excluding hydrogens is 315 g/mol. The fourth-order valence-electron chi connectivity index (χ4n) is 0.937. The van der Waals surface area contributed by atoms with Gasteiger partial charge in [0, 0.05) is 5.38 Å². The Morgan fingerprint density at radius 3 is 2.76 bits per heavy atom. The zero-order chi connectivity index (χ0) is 16.0. The predicted octanol–water partition coefficient (Wildman–Crippen LogP) is 1.08. The van der Waals surface area contributed by atoms with Crippen molar-refractivity contribution >= 4 is 34.1 Å². The van der Waals surface area contributed by atoms with Crippen molar-refractivity contribution in [3.05, 3.63) is 11.1 Å². The van der Waals surface area contributed by atoms with E-state index in [2.05, 4.69) is 15.0 Å². The molecule has 1 rings (SSSR count). The first-order valence-electron chi connectivity index (χ1n) is 4.96. The molecule has 0 fully saturated rings. The molecule has 21 heavy (non-hydrogen) atoms. The van der Waals surface area contributed by atoms with Crippen LogP contribution in [-0.2, 0) is 14.4 Å². The maximum atomic E-state index is 12.0. The maximum Gasteiger partial charge on any atom is 0.471 e. The molecule has 0 aliphatic heterocycles. The van der Waals surface area contributed by atoms with E-state index >= 15 is 0 Å². The van der Waals surface area contributed by atoms with Gasteiger partial charge in [0.05, 0.1) is 0 Å². The Bertz CT molecular complexity index is 618. The first kappa shape index (κ1) is 16.4. The highest BCUT2D eigenvalue weighted by Gasteiger charge is 2.39. The molecular formula is C10H6F3N3O4S. The number of terminal acetylenes is 1. The van der Waals surface area contributed by atoms with Gasteiger partial charge in [0.1, 0.15) is 5.69 Å². The number of halogens is 3. The number of carbonyl (C=O) groups excluding carboxylic acids is 1. The molecule has 0 aliphatic rings. The lowest BCUT2D eigenvalue weighted by Crippen LogP contribution is -2.29. The van der Waals surface area contributed by atoms with Gasteiger partial charge in [0.25, 0.3) is 0 Å². The smallest absolute Gasteiger partial charge is 0.471 e. The molecule has 0 aromatic carbocycles. The van der Waals surface area contributed by atoms with Crippen molar-refractivity contribution in [2.24, 2.45) is 5.16 Å². The molecule has 0 saturated heterocycles. The second kappa shape index (κ2) is 6.71. The summed E-state index contributed by atoms with van der Waals surface area (Å²) >= 11 is 0.596. The van der Waals surface area contributed by atoms with Crippen molar-refractivity contribution in [3.8, 4) is 12.3 Å². The predicted molar refractivity (Wildman–Crippen MR) is 65.8 cm³/mol. The lowest BCUT2D eigenvalue weighted by molar-refractivity contribution is -0.167. The SMILES string of the molecule is C#CCO/N=C(/C(=O)O)c1csc(NC(=O)C(F)(F)F)n1. The van der Waals surface area contributed by atoms with Crippen LogP contribution in [0.1, 0.15) is 5.69 Å². The number of nitrogens with zero attached hydrogens (tertiary/aromatic N) is 2. The first-order valence-corrected chi connectivity index (χ1v) is 5.84. The lowest BCUT2D eigenvalue weighted by atomic mass is 10.3. The number of rotatable bonds is 5. The van der Waals surface area contributed by atoms with Crippen molar-refractivity contribution in [1.29, 1.82) is 0 Å². The quantitative estimate of drug-likeness (QED) is 0.366. The van der Waals surface area contributed by atoms with Crippen molar-refractivity contribution in [3.63, 3.8) is 0 Å². The standard InChI is InChI=1S/C10H6F3N3O4S/c1-2-3-20-16-6(7(17)18)5-4-21-9(14-5)15-8(19)10(11,12)13/h1,4H,3H2,(H,17,18)(H,14,15,19)/b16-6+. The van der Waals surface area contributed by atoms with Crippen LogP contribution in [0.2, 0.25) is 0 Å². The van der Waals surface area contributed by atoms with Crippen LogP contribution in [0.3, 0.4) is 0 Å². The van der Waals surface area contributed by atoms with Gasteiger partial charge in [-0.15, -0.1) is 17.8 Å². The van der Waals surface area contributed by atoms with Crippen molar-refractivity contribution in [2.45, 2.75) is 6.18 Å². The highest BCUT2D eigenvalue weighted by atomic mass is 32.1. The summed E-state index contributed by atoms with van der Waals surface area (Å²) in [6, 6.07) is 0. The van der Waals surface area contributed by atoms with Crippen molar-refractivity contribution in [2.75, 3.05) is 11.9 Å². The minimum absolute atomic E-state index is 0.276. The number of nitrogens with one attached hydrogen (secondary N) is 1. The Labute approximate surface area is 119 Å². The highest BCUT2D eigenvalue weighted by Crippen LogP contribution is 2.21. The molecule has 7 nitrogen and oxygen atoms in total. The van der Waals surface area contributed by atoms with Crippen LogP contribution >= 0.6 is 11.3 Å². The second-order valence-electron chi connectivity index (χ2n) is 3.21. The van der Waals surface area contributed by atoms with E-state index in [0.29, 0.717) is 11.3 Å². The molecule has 0 bridgehead atoms. The summed E-state index contributed by atoms with van der Waals surface area (Å²) in [5.74, 6) is -1.70. The average Bonchev–Trinajstić information content (AvgIpc) is 2.81. The third kappa shape index (κ3) is 4.77. The molecule has 112 valence electrons. The summed E-state index contributed by atoms with van der Waals surface area (Å²) in [5, 5.41) is 14.2. The van der Waals surface area contributed by atoms with E-state index in [-0.39, 0.29) is 12.3 Å². The van der Waals surface area contributed by atoms with Crippen LogP contribution in [-0.4, -0.2) is 40.5 Å². The largest absolute Gasteiger partial charge is 0.476 e. The van der Waals surface area contributed by atoms with Gasteiger partial charge in [0.2, 0.25) is 5.71 Å². The molecule has 1 aromatic heterocycles. The fourth-order valence-corrected chi connectivity index (χ4v) is 1.63. The van der Waals surface area contributed by atoms with E-state index < -0.39 is 28.9 Å². The van der Waals surface area contributed by atoms with Crippen LogP contribution < -0.4 is 5.32 Å². The number of thiazole rings is 1. The Balaban J connectivity index is 2.90. The summed E-state index contributed by atoms with van der Waals surface area (Å²) in [6.07, 6.45) is -0.208. The molecule has 0 saturated carbocycles. The number of hydrogen-bond acceptors (Lipinski definition) is 6. The maximum absolute atomic E-state index is 12.0. The van der Waals surface area contributed by atoms with Gasteiger partial charge >= 0.3 is 18.1 Å². The summed E-state index contributed by atoms with van der Waals surface area (Å²) < 4.78 is 36.1. The summed E-state index contributed by atoms with van der Waals surface area (Å²) in [6.45, 7) is -0.293. The topological polar surface area (TPSA) is 101 Å². The summed E-state index contributed by atoms with van der Waals surface area (Å²) in [4.78, 5) is 29.6. The molecule has 0 aliphatic carbocycles. The number of carbonyl (C=O) groups is 2. The van der Waals surface area contributed by atoms with Crippen LogP contribution in [0, 0.1) is 12.3 Å². The monoisotopic (exact) mass is 321 g/mol. The molecule has 0 unspecified atom stereocenters. The zero-order valence-corrected chi connectivity index (χ0v) is 10.8. The number of anilines is 1. The minimum Gasteiger partial charge on any atom is -0.476 e. The van der Waals surface area contributed by atoms with E-state index in [1.165, 1.54) is 5.32 Å². The number of alkyl halides is 3. The third-order valence-corrected chi connectivity index (χ3v) is 2.49. The van der Waals surface area contributed by atoms with E-state index in [4.69, 9.17) is 11.5 Å². The number of amides is 1. The molecule has 0 spiro atoms. The van der Waals surface area contributed by atoms with E-state index in [0.717, 1.165) is 5.38 Å². The number of hydrogen-bond donors (Lipinski definition) is 2. The number of carboxylic acid groups (broad SMARTS) is 1. The van der Waals surface area contributed by atoms with Gasteiger partial charge in [0.15, 0.2) is 11.7 Å². The molecule has 1 aromatic rings. The van der Waals surface area contributed by atoms with Gasteiger partial charge in [-0.3, -0.25) is 10.1 Å². The molecule has 0 atom stereocenters. The van der Waals surface area contributed by atoms with Crippen LogP contribution in [0.5, 0.6) is 0 Å². The van der Waals surface area contributed by atoms with Gasteiger partial charge < -0.3 is 9.94 Å². The van der Waals surface area contributed by atoms with Crippen molar-refractivity contribution < 1.29 is 32.7 Å². The van der Waals surface area contributed by atoms with Gasteiger partial charge in [-0.25, -0.2) is 9.78 Å².